The van der Waals surface area contributed by atoms with Gasteiger partial charge in [0.15, 0.2) is 0 Å². The topological polar surface area (TPSA) is 67.6 Å². The molecule has 0 spiro atoms. The van der Waals surface area contributed by atoms with Gasteiger partial charge in [0.25, 0.3) is 0 Å². The van der Waals surface area contributed by atoms with Crippen LogP contribution in [0.4, 0.5) is 0 Å². The highest BCUT2D eigenvalue weighted by molar-refractivity contribution is 7.15. The standard InChI is InChI=1S/C9H12N4S/c1-6-11-5-8(14-6)9-7(2-3-10)4-12-13-9/h4-5H,2-3,10H2,1H3,(H,12,13). The van der Waals surface area contributed by atoms with Crippen LogP contribution in [0.1, 0.15) is 10.6 Å². The Morgan fingerprint density at radius 3 is 3.00 bits per heavy atom. The van der Waals surface area contributed by atoms with Gasteiger partial charge in [0.05, 0.1) is 21.8 Å². The first-order valence-electron chi connectivity index (χ1n) is 4.46. The number of thiazole rings is 1. The highest BCUT2D eigenvalue weighted by Crippen LogP contribution is 2.26. The Morgan fingerprint density at radius 1 is 1.50 bits per heavy atom. The van der Waals surface area contributed by atoms with Crippen molar-refractivity contribution in [3.63, 3.8) is 0 Å². The summed E-state index contributed by atoms with van der Waals surface area (Å²) in [7, 11) is 0. The molecule has 0 aliphatic carbocycles. The zero-order valence-corrected chi connectivity index (χ0v) is 8.77. The van der Waals surface area contributed by atoms with E-state index in [-0.39, 0.29) is 0 Å². The molecule has 2 heterocycles. The molecule has 0 saturated carbocycles. The third-order valence-electron chi connectivity index (χ3n) is 2.00. The van der Waals surface area contributed by atoms with Crippen LogP contribution in [-0.4, -0.2) is 21.7 Å². The minimum Gasteiger partial charge on any atom is -0.330 e. The van der Waals surface area contributed by atoms with Crippen LogP contribution < -0.4 is 5.73 Å². The highest BCUT2D eigenvalue weighted by atomic mass is 32.1. The Morgan fingerprint density at radius 2 is 2.36 bits per heavy atom. The van der Waals surface area contributed by atoms with Gasteiger partial charge in [-0.05, 0) is 25.5 Å². The van der Waals surface area contributed by atoms with Gasteiger partial charge in [0, 0.05) is 6.20 Å². The van der Waals surface area contributed by atoms with Crippen molar-refractivity contribution in [3.05, 3.63) is 23.0 Å². The maximum atomic E-state index is 5.52. The summed E-state index contributed by atoms with van der Waals surface area (Å²) < 4.78 is 0. The van der Waals surface area contributed by atoms with Crippen molar-refractivity contribution in [2.24, 2.45) is 5.73 Å². The fourth-order valence-electron chi connectivity index (χ4n) is 1.35. The number of nitrogens with one attached hydrogen (secondary N) is 1. The Kier molecular flexibility index (Phi) is 2.60. The maximum Gasteiger partial charge on any atom is 0.0901 e. The monoisotopic (exact) mass is 208 g/mol. The molecule has 0 unspecified atom stereocenters. The number of hydrogen-bond donors (Lipinski definition) is 2. The molecule has 74 valence electrons. The minimum atomic E-state index is 0.643. The molecule has 14 heavy (non-hydrogen) atoms. The number of nitrogens with zero attached hydrogens (tertiary/aromatic N) is 2. The molecule has 0 aliphatic heterocycles. The van der Waals surface area contributed by atoms with Crippen molar-refractivity contribution in [2.75, 3.05) is 6.54 Å². The first kappa shape index (κ1) is 9.36. The SMILES string of the molecule is Cc1ncc(-c2[nH]ncc2CCN)s1. The summed E-state index contributed by atoms with van der Waals surface area (Å²) in [5.74, 6) is 0. The third-order valence-corrected chi connectivity index (χ3v) is 2.93. The van der Waals surface area contributed by atoms with Gasteiger partial charge < -0.3 is 5.73 Å². The van der Waals surface area contributed by atoms with E-state index >= 15 is 0 Å². The van der Waals surface area contributed by atoms with Gasteiger partial charge in [-0.25, -0.2) is 4.98 Å². The van der Waals surface area contributed by atoms with Crippen LogP contribution in [0.15, 0.2) is 12.4 Å². The second kappa shape index (κ2) is 3.89. The van der Waals surface area contributed by atoms with Crippen LogP contribution in [0, 0.1) is 6.92 Å². The highest BCUT2D eigenvalue weighted by Gasteiger charge is 2.09. The molecule has 0 radical (unpaired) electrons. The second-order valence-electron chi connectivity index (χ2n) is 3.05. The summed E-state index contributed by atoms with van der Waals surface area (Å²) in [6, 6.07) is 0. The van der Waals surface area contributed by atoms with Crippen molar-refractivity contribution in [1.82, 2.24) is 15.2 Å². The van der Waals surface area contributed by atoms with E-state index in [1.165, 1.54) is 0 Å². The molecule has 0 atom stereocenters. The number of hydrogen-bond acceptors (Lipinski definition) is 4. The Labute approximate surface area is 86.2 Å². The van der Waals surface area contributed by atoms with Gasteiger partial charge in [-0.1, -0.05) is 0 Å². The molecule has 0 fully saturated rings. The lowest BCUT2D eigenvalue weighted by atomic mass is 10.2. The summed E-state index contributed by atoms with van der Waals surface area (Å²) in [4.78, 5) is 5.34. The van der Waals surface area contributed by atoms with Crippen molar-refractivity contribution < 1.29 is 0 Å². The molecule has 2 aromatic heterocycles. The summed E-state index contributed by atoms with van der Waals surface area (Å²) in [6.07, 6.45) is 4.55. The van der Waals surface area contributed by atoms with E-state index in [0.29, 0.717) is 6.54 Å². The molecule has 5 heteroatoms. The third kappa shape index (κ3) is 1.69. The normalized spacial score (nSPS) is 10.7. The average Bonchev–Trinajstić information content (AvgIpc) is 2.74. The molecule has 4 nitrogen and oxygen atoms in total. The first-order chi connectivity index (χ1) is 6.81. The summed E-state index contributed by atoms with van der Waals surface area (Å²) >= 11 is 1.66. The number of nitrogens with two attached hydrogens (primary N) is 1. The van der Waals surface area contributed by atoms with Crippen LogP contribution in [0.2, 0.25) is 0 Å². The van der Waals surface area contributed by atoms with Gasteiger partial charge >= 0.3 is 0 Å². The maximum absolute atomic E-state index is 5.52. The van der Waals surface area contributed by atoms with E-state index < -0.39 is 0 Å². The summed E-state index contributed by atoms with van der Waals surface area (Å²) in [5.41, 5.74) is 7.74. The van der Waals surface area contributed by atoms with E-state index in [2.05, 4.69) is 15.2 Å². The largest absolute Gasteiger partial charge is 0.330 e. The van der Waals surface area contributed by atoms with Gasteiger partial charge in [0.1, 0.15) is 0 Å². The lowest BCUT2D eigenvalue weighted by Crippen LogP contribution is -2.02. The molecular weight excluding hydrogens is 196 g/mol. The molecule has 0 saturated heterocycles. The molecular formula is C9H12N4S. The lowest BCUT2D eigenvalue weighted by Gasteiger charge is -1.96. The Balaban J connectivity index is 2.36. The van der Waals surface area contributed by atoms with E-state index in [0.717, 1.165) is 27.6 Å². The van der Waals surface area contributed by atoms with Crippen molar-refractivity contribution >= 4 is 11.3 Å². The number of rotatable bonds is 3. The molecule has 0 amide bonds. The van der Waals surface area contributed by atoms with Crippen molar-refractivity contribution in [1.29, 1.82) is 0 Å². The van der Waals surface area contributed by atoms with Gasteiger partial charge in [-0.2, -0.15) is 5.10 Å². The second-order valence-corrected chi connectivity index (χ2v) is 4.29. The minimum absolute atomic E-state index is 0.643. The smallest absolute Gasteiger partial charge is 0.0901 e. The van der Waals surface area contributed by atoms with Crippen LogP contribution in [0.3, 0.4) is 0 Å². The van der Waals surface area contributed by atoms with E-state index in [9.17, 15) is 0 Å². The molecule has 2 aromatic rings. The fourth-order valence-corrected chi connectivity index (χ4v) is 2.15. The van der Waals surface area contributed by atoms with Gasteiger partial charge in [-0.15, -0.1) is 11.3 Å². The zero-order chi connectivity index (χ0) is 9.97. The molecule has 3 N–H and O–H groups in total. The van der Waals surface area contributed by atoms with E-state index in [1.54, 1.807) is 11.3 Å². The molecule has 2 rings (SSSR count). The van der Waals surface area contributed by atoms with Crippen LogP contribution in [0.25, 0.3) is 10.6 Å². The molecule has 0 aromatic carbocycles. The van der Waals surface area contributed by atoms with E-state index in [4.69, 9.17) is 5.73 Å². The Bertz CT molecular complexity index is 418. The summed E-state index contributed by atoms with van der Waals surface area (Å²) in [5, 5.41) is 8.07. The number of aryl methyl sites for hydroxylation is 1. The molecule has 0 bridgehead atoms. The van der Waals surface area contributed by atoms with E-state index in [1.807, 2.05) is 19.3 Å². The van der Waals surface area contributed by atoms with Crippen molar-refractivity contribution in [2.45, 2.75) is 13.3 Å². The summed E-state index contributed by atoms with van der Waals surface area (Å²) in [6.45, 7) is 2.64. The number of aromatic nitrogens is 3. The lowest BCUT2D eigenvalue weighted by molar-refractivity contribution is 0.972. The van der Waals surface area contributed by atoms with Crippen LogP contribution in [-0.2, 0) is 6.42 Å². The zero-order valence-electron chi connectivity index (χ0n) is 7.95. The quantitative estimate of drug-likeness (QED) is 0.800. The average molecular weight is 208 g/mol. The predicted molar refractivity (Wildman–Crippen MR) is 57.2 cm³/mol. The molecule has 0 aliphatic rings. The first-order valence-corrected chi connectivity index (χ1v) is 5.28. The van der Waals surface area contributed by atoms with Gasteiger partial charge in [-0.3, -0.25) is 5.10 Å². The van der Waals surface area contributed by atoms with Crippen molar-refractivity contribution in [3.8, 4) is 10.6 Å². The predicted octanol–water partition coefficient (Wildman–Crippen LogP) is 1.34. The Hall–Kier alpha value is -1.20. The number of aromatic amines is 1. The van der Waals surface area contributed by atoms with Crippen LogP contribution >= 0.6 is 11.3 Å². The van der Waals surface area contributed by atoms with Gasteiger partial charge in [0.2, 0.25) is 0 Å². The van der Waals surface area contributed by atoms with Crippen LogP contribution in [0.5, 0.6) is 0 Å². The fraction of sp³-hybridized carbons (Fsp3) is 0.333. The number of H-pyrrole nitrogens is 1.